The molecule has 0 aromatic rings. The average molecular weight is 167 g/mol. The van der Waals surface area contributed by atoms with Crippen molar-refractivity contribution < 1.29 is 9.90 Å². The topological polar surface area (TPSA) is 55.8 Å². The van der Waals surface area contributed by atoms with Crippen LogP contribution in [0.5, 0.6) is 0 Å². The molecule has 0 aromatic carbocycles. The van der Waals surface area contributed by atoms with Gasteiger partial charge in [0.1, 0.15) is 0 Å². The fraction of sp³-hybridized carbons (Fsp3) is 0.286. The maximum absolute atomic E-state index is 10.6. The van der Waals surface area contributed by atoms with E-state index in [-0.39, 0.29) is 0 Å². The van der Waals surface area contributed by atoms with E-state index in [0.29, 0.717) is 13.1 Å². The highest BCUT2D eigenvalue weighted by atomic mass is 16.4. The van der Waals surface area contributed by atoms with Crippen molar-refractivity contribution in [3.05, 3.63) is 24.2 Å². The van der Waals surface area contributed by atoms with Crippen molar-refractivity contribution >= 4 is 6.09 Å². The number of hydrogen-bond donors (Lipinski definition) is 2. The van der Waals surface area contributed by atoms with Crippen LogP contribution in [-0.4, -0.2) is 34.2 Å². The van der Waals surface area contributed by atoms with E-state index in [9.17, 15) is 4.79 Å². The predicted molar refractivity (Wildman–Crippen MR) is 41.8 cm³/mol. The van der Waals surface area contributed by atoms with Gasteiger partial charge in [0.2, 0.25) is 0 Å². The summed E-state index contributed by atoms with van der Waals surface area (Å²) in [4.78, 5) is 11.8. The minimum atomic E-state index is -0.901. The summed E-state index contributed by atoms with van der Waals surface area (Å²) in [6.07, 6.45) is 4.34. The van der Waals surface area contributed by atoms with E-state index >= 15 is 0 Å². The summed E-state index contributed by atoms with van der Waals surface area (Å²) in [5.41, 5.74) is 3.88. The Labute approximate surface area is 69.5 Å². The Hall–Kier alpha value is -1.65. The van der Waals surface area contributed by atoms with E-state index in [0.717, 1.165) is 5.70 Å². The van der Waals surface area contributed by atoms with Gasteiger partial charge in [-0.2, -0.15) is 0 Å². The Bertz CT molecular complexity index is 272. The highest BCUT2D eigenvalue weighted by Gasteiger charge is 2.21. The Morgan fingerprint density at radius 2 is 2.42 bits per heavy atom. The zero-order valence-electron chi connectivity index (χ0n) is 6.40. The first-order valence-electron chi connectivity index (χ1n) is 3.69. The van der Waals surface area contributed by atoms with Gasteiger partial charge in [0.05, 0.1) is 12.2 Å². The van der Waals surface area contributed by atoms with Crippen molar-refractivity contribution in [2.24, 2.45) is 0 Å². The van der Waals surface area contributed by atoms with Gasteiger partial charge < -0.3 is 10.5 Å². The van der Waals surface area contributed by atoms with Crippen LogP contribution < -0.4 is 5.43 Å². The van der Waals surface area contributed by atoms with E-state index in [1.54, 1.807) is 12.4 Å². The Kier molecular flexibility index (Phi) is 1.43. The number of fused-ring (bicyclic) bond motifs is 1. The summed E-state index contributed by atoms with van der Waals surface area (Å²) >= 11 is 0. The van der Waals surface area contributed by atoms with Gasteiger partial charge in [0.25, 0.3) is 0 Å². The van der Waals surface area contributed by atoms with Crippen molar-refractivity contribution in [2.75, 3.05) is 13.1 Å². The lowest BCUT2D eigenvalue weighted by atomic mass is 10.3. The molecule has 0 atom stereocenters. The molecular formula is C7H9N3O2. The molecule has 0 bridgehead atoms. The summed E-state index contributed by atoms with van der Waals surface area (Å²) in [5, 5.41) is 10.6. The third kappa shape index (κ3) is 0.990. The largest absolute Gasteiger partial charge is 0.465 e. The molecule has 0 saturated heterocycles. The molecule has 0 aliphatic carbocycles. The van der Waals surface area contributed by atoms with Crippen LogP contribution in [0.4, 0.5) is 4.79 Å². The van der Waals surface area contributed by atoms with Crippen LogP contribution >= 0.6 is 0 Å². The molecule has 0 unspecified atom stereocenters. The highest BCUT2D eigenvalue weighted by molar-refractivity contribution is 5.66. The van der Waals surface area contributed by atoms with Crippen molar-refractivity contribution in [3.63, 3.8) is 0 Å². The van der Waals surface area contributed by atoms with Crippen LogP contribution in [0.1, 0.15) is 0 Å². The molecule has 5 nitrogen and oxygen atoms in total. The Morgan fingerprint density at radius 1 is 1.58 bits per heavy atom. The van der Waals surface area contributed by atoms with Gasteiger partial charge in [-0.05, 0) is 6.08 Å². The van der Waals surface area contributed by atoms with Crippen LogP contribution in [0, 0.1) is 0 Å². The molecule has 0 spiro atoms. The van der Waals surface area contributed by atoms with Crippen LogP contribution in [0.15, 0.2) is 24.2 Å². The van der Waals surface area contributed by atoms with Crippen molar-refractivity contribution in [1.82, 2.24) is 15.3 Å². The number of rotatable bonds is 0. The zero-order valence-corrected chi connectivity index (χ0v) is 6.40. The van der Waals surface area contributed by atoms with Crippen LogP contribution in [0.25, 0.3) is 0 Å². The van der Waals surface area contributed by atoms with Gasteiger partial charge in [-0.15, -0.1) is 0 Å². The van der Waals surface area contributed by atoms with Crippen LogP contribution in [0.2, 0.25) is 0 Å². The summed E-state index contributed by atoms with van der Waals surface area (Å²) in [6, 6.07) is 0. The van der Waals surface area contributed by atoms with Gasteiger partial charge in [0.15, 0.2) is 0 Å². The Balaban J connectivity index is 2.19. The number of allylic oxidation sites excluding steroid dienone is 1. The first-order chi connectivity index (χ1) is 5.77. The molecule has 2 rings (SSSR count). The lowest BCUT2D eigenvalue weighted by Crippen LogP contribution is -2.42. The van der Waals surface area contributed by atoms with E-state index < -0.39 is 6.09 Å². The summed E-state index contributed by atoms with van der Waals surface area (Å²) < 4.78 is 0. The smallest absolute Gasteiger partial charge is 0.411 e. The summed E-state index contributed by atoms with van der Waals surface area (Å²) in [7, 11) is 0. The van der Waals surface area contributed by atoms with Gasteiger partial charge in [0, 0.05) is 18.9 Å². The quantitative estimate of drug-likeness (QED) is 0.539. The fourth-order valence-electron chi connectivity index (χ4n) is 1.27. The number of nitrogens with one attached hydrogen (secondary N) is 1. The monoisotopic (exact) mass is 167 g/mol. The van der Waals surface area contributed by atoms with Crippen molar-refractivity contribution in [3.8, 4) is 0 Å². The first kappa shape index (κ1) is 7.02. The molecular weight excluding hydrogens is 158 g/mol. The first-order valence-corrected chi connectivity index (χ1v) is 3.69. The van der Waals surface area contributed by atoms with Gasteiger partial charge in [-0.25, -0.2) is 4.79 Å². The second-order valence-corrected chi connectivity index (χ2v) is 2.64. The minimum Gasteiger partial charge on any atom is -0.465 e. The van der Waals surface area contributed by atoms with Crippen molar-refractivity contribution in [1.29, 1.82) is 0 Å². The number of amides is 1. The molecule has 0 saturated carbocycles. The predicted octanol–water partition coefficient (Wildman–Crippen LogP) is 0.155. The molecule has 2 aliphatic heterocycles. The highest BCUT2D eigenvalue weighted by Crippen LogP contribution is 2.14. The van der Waals surface area contributed by atoms with Gasteiger partial charge in [-0.3, -0.25) is 9.91 Å². The van der Waals surface area contributed by atoms with Crippen molar-refractivity contribution in [2.45, 2.75) is 0 Å². The summed E-state index contributed by atoms with van der Waals surface area (Å²) in [5.74, 6) is 0. The molecule has 5 heteroatoms. The number of carbonyl (C=O) groups is 1. The number of hydrogen-bond acceptors (Lipinski definition) is 3. The van der Waals surface area contributed by atoms with E-state index in [4.69, 9.17) is 5.11 Å². The van der Waals surface area contributed by atoms with Crippen LogP contribution in [0.3, 0.4) is 0 Å². The second-order valence-electron chi connectivity index (χ2n) is 2.64. The maximum Gasteiger partial charge on any atom is 0.411 e. The zero-order chi connectivity index (χ0) is 8.55. The SMILES string of the molecule is O=C(O)N1C=C2C=CNN2CC1. The standard InChI is InChI=1S/C7H9N3O2/c11-7(12)9-3-4-10-6(5-9)1-2-8-10/h1-2,5,8H,3-4H2,(H,11,12). The molecule has 2 heterocycles. The molecule has 0 fully saturated rings. The third-order valence-electron chi connectivity index (χ3n) is 1.89. The molecule has 64 valence electrons. The summed E-state index contributed by atoms with van der Waals surface area (Å²) in [6.45, 7) is 1.19. The third-order valence-corrected chi connectivity index (χ3v) is 1.89. The lowest BCUT2D eigenvalue weighted by molar-refractivity contribution is 0.148. The molecule has 2 N–H and O–H groups in total. The molecule has 0 aromatic heterocycles. The fourth-order valence-corrected chi connectivity index (χ4v) is 1.27. The molecule has 0 radical (unpaired) electrons. The van der Waals surface area contributed by atoms with E-state index in [1.165, 1.54) is 4.90 Å². The maximum atomic E-state index is 10.6. The van der Waals surface area contributed by atoms with E-state index in [2.05, 4.69) is 5.43 Å². The average Bonchev–Trinajstić information content (AvgIpc) is 2.49. The number of hydrazine groups is 1. The second kappa shape index (κ2) is 2.44. The number of carboxylic acid groups (broad SMARTS) is 1. The number of nitrogens with zero attached hydrogens (tertiary/aromatic N) is 2. The molecule has 12 heavy (non-hydrogen) atoms. The van der Waals surface area contributed by atoms with Crippen LogP contribution in [-0.2, 0) is 0 Å². The molecule has 1 amide bonds. The normalized spacial score (nSPS) is 20.2. The van der Waals surface area contributed by atoms with Gasteiger partial charge >= 0.3 is 6.09 Å². The molecule has 2 aliphatic rings. The minimum absolute atomic E-state index is 0.507. The lowest BCUT2D eigenvalue weighted by Gasteiger charge is -2.29. The Morgan fingerprint density at radius 3 is 3.17 bits per heavy atom. The van der Waals surface area contributed by atoms with E-state index in [1.807, 2.05) is 11.1 Å². The van der Waals surface area contributed by atoms with Gasteiger partial charge in [-0.1, -0.05) is 0 Å².